The summed E-state index contributed by atoms with van der Waals surface area (Å²) in [4.78, 5) is 27.4. The largest absolute Gasteiger partial charge is 0.401 e. The molecule has 0 aliphatic carbocycles. The number of aryl methyl sites for hydroxylation is 1. The smallest absolute Gasteiger partial charge is 0.353 e. The van der Waals surface area contributed by atoms with E-state index in [1.54, 1.807) is 30.1 Å². The molecule has 0 fully saturated rings. The van der Waals surface area contributed by atoms with Crippen molar-refractivity contribution in [1.29, 1.82) is 5.26 Å². The number of rotatable bonds is 10. The third-order valence-electron chi connectivity index (χ3n) is 5.90. The number of benzene rings is 2. The molecule has 2 N–H and O–H groups in total. The van der Waals surface area contributed by atoms with Gasteiger partial charge in [-0.3, -0.25) is 14.6 Å². The fourth-order valence-corrected chi connectivity index (χ4v) is 3.95. The van der Waals surface area contributed by atoms with Crippen LogP contribution in [0.3, 0.4) is 0 Å². The summed E-state index contributed by atoms with van der Waals surface area (Å²) in [6.07, 6.45) is -4.33. The van der Waals surface area contributed by atoms with E-state index in [9.17, 15) is 28.0 Å². The number of nitrogens with one attached hydrogen (secondary N) is 2. The molecular formula is C25H29F3N6O2. The van der Waals surface area contributed by atoms with Gasteiger partial charge >= 0.3 is 6.18 Å². The number of likely N-dealkylation sites (N-methyl/N-ethyl adjacent to an activating group) is 1. The zero-order valence-corrected chi connectivity index (χ0v) is 20.2. The van der Waals surface area contributed by atoms with Crippen LogP contribution in [0.4, 0.5) is 18.9 Å². The molecule has 2 aromatic rings. The maximum absolute atomic E-state index is 13.2. The number of hydrogen-bond acceptors (Lipinski definition) is 6. The zero-order valence-electron chi connectivity index (χ0n) is 20.2. The Kier molecular flexibility index (Phi) is 8.90. The van der Waals surface area contributed by atoms with E-state index >= 15 is 0 Å². The van der Waals surface area contributed by atoms with Gasteiger partial charge in [0.2, 0.25) is 5.91 Å². The van der Waals surface area contributed by atoms with Gasteiger partial charge in [-0.15, -0.1) is 0 Å². The van der Waals surface area contributed by atoms with Crippen molar-refractivity contribution in [3.63, 3.8) is 0 Å². The van der Waals surface area contributed by atoms with Crippen molar-refractivity contribution in [2.24, 2.45) is 0 Å². The topological polar surface area (TPSA) is 91.7 Å². The summed E-state index contributed by atoms with van der Waals surface area (Å²) in [7, 11) is 1.68. The average Bonchev–Trinajstić information content (AvgIpc) is 3.27. The highest BCUT2D eigenvalue weighted by Crippen LogP contribution is 2.25. The van der Waals surface area contributed by atoms with Gasteiger partial charge in [0.1, 0.15) is 0 Å². The molecule has 0 aromatic heterocycles. The molecule has 0 spiro atoms. The lowest BCUT2D eigenvalue weighted by atomic mass is 10.1. The first kappa shape index (κ1) is 27.0. The first-order valence-corrected chi connectivity index (χ1v) is 11.5. The molecule has 1 heterocycles. The molecule has 2 aromatic carbocycles. The molecule has 2 amide bonds. The molecular weight excluding hydrogens is 473 g/mol. The van der Waals surface area contributed by atoms with E-state index in [2.05, 4.69) is 16.7 Å². The average molecular weight is 503 g/mol. The molecule has 1 aliphatic heterocycles. The molecule has 3 rings (SSSR count). The number of amides is 2. The molecule has 0 saturated heterocycles. The summed E-state index contributed by atoms with van der Waals surface area (Å²) < 4.78 is 36.8. The van der Waals surface area contributed by atoms with E-state index in [1.165, 1.54) is 5.01 Å². The van der Waals surface area contributed by atoms with Crippen molar-refractivity contribution in [2.75, 3.05) is 44.7 Å². The molecule has 0 saturated carbocycles. The molecule has 8 nitrogen and oxygen atoms in total. The Balaban J connectivity index is 1.67. The number of carbonyl (C=O) groups is 2. The number of fused-ring (bicyclic) bond motifs is 1. The summed E-state index contributed by atoms with van der Waals surface area (Å²) in [5.74, 6) is -0.696. The summed E-state index contributed by atoms with van der Waals surface area (Å²) in [5, 5.41) is 17.6. The van der Waals surface area contributed by atoms with Gasteiger partial charge in [-0.25, -0.2) is 5.01 Å². The highest BCUT2D eigenvalue weighted by molar-refractivity contribution is 5.86. The summed E-state index contributed by atoms with van der Waals surface area (Å²) >= 11 is 0. The van der Waals surface area contributed by atoms with Gasteiger partial charge in [0.05, 0.1) is 31.3 Å². The third kappa shape index (κ3) is 7.44. The van der Waals surface area contributed by atoms with Crippen LogP contribution in [0, 0.1) is 18.3 Å². The molecule has 0 bridgehead atoms. The Morgan fingerprint density at radius 1 is 1.08 bits per heavy atom. The van der Waals surface area contributed by atoms with Crippen LogP contribution >= 0.6 is 0 Å². The third-order valence-corrected chi connectivity index (χ3v) is 5.90. The number of alkyl halides is 3. The van der Waals surface area contributed by atoms with Crippen molar-refractivity contribution < 1.29 is 22.8 Å². The Bertz CT molecular complexity index is 1110. The van der Waals surface area contributed by atoms with Crippen molar-refractivity contribution >= 4 is 17.5 Å². The van der Waals surface area contributed by atoms with Gasteiger partial charge < -0.3 is 15.5 Å². The van der Waals surface area contributed by atoms with Gasteiger partial charge in [-0.05, 0) is 35.7 Å². The van der Waals surface area contributed by atoms with Crippen LogP contribution in [-0.4, -0.2) is 67.8 Å². The Labute approximate surface area is 208 Å². The number of hydrogen-bond donors (Lipinski definition) is 2. The summed E-state index contributed by atoms with van der Waals surface area (Å²) in [6, 6.07) is 15.0. The van der Waals surface area contributed by atoms with Gasteiger partial charge in [0, 0.05) is 38.9 Å². The summed E-state index contributed by atoms with van der Waals surface area (Å²) in [5.41, 5.74) is 4.01. The molecule has 0 unspecified atom stereocenters. The molecule has 192 valence electrons. The van der Waals surface area contributed by atoms with Crippen molar-refractivity contribution in [3.8, 4) is 6.07 Å². The number of carbonyl (C=O) groups excluding carboxylic acids is 2. The minimum Gasteiger partial charge on any atom is -0.353 e. The van der Waals surface area contributed by atoms with Crippen molar-refractivity contribution in [3.05, 3.63) is 64.7 Å². The standard InChI is InChI=1S/C25H29F3N6O2/c1-18-7-8-19(12-29)11-22(18)33(15-23(35)31-10-9-30-17-25(26,27)28)16-24(36)32(2)34-13-20-5-3-4-6-21(20)14-34/h3-8,11,30H,9-10,13-17H2,1-2H3,(H,31,35). The van der Waals surface area contributed by atoms with Gasteiger partial charge in [-0.1, -0.05) is 30.3 Å². The minimum atomic E-state index is -4.33. The van der Waals surface area contributed by atoms with E-state index in [0.717, 1.165) is 16.7 Å². The monoisotopic (exact) mass is 502 g/mol. The SMILES string of the molecule is Cc1ccc(C#N)cc1N(CC(=O)NCCNCC(F)(F)F)CC(=O)N(C)N1Cc2ccccc2C1. The Hall–Kier alpha value is -3.62. The van der Waals surface area contributed by atoms with E-state index in [1.807, 2.05) is 36.2 Å². The molecule has 0 atom stereocenters. The van der Waals surface area contributed by atoms with Crippen LogP contribution in [0.25, 0.3) is 0 Å². The molecule has 1 aliphatic rings. The predicted octanol–water partition coefficient (Wildman–Crippen LogP) is 2.33. The Morgan fingerprint density at radius 2 is 1.75 bits per heavy atom. The van der Waals surface area contributed by atoms with Crippen molar-refractivity contribution in [1.82, 2.24) is 20.7 Å². The number of anilines is 1. The van der Waals surface area contributed by atoms with Crippen molar-refractivity contribution in [2.45, 2.75) is 26.2 Å². The van der Waals surface area contributed by atoms with Crippen LogP contribution in [0.15, 0.2) is 42.5 Å². The van der Waals surface area contributed by atoms with E-state index < -0.39 is 18.6 Å². The van der Waals surface area contributed by atoms with Crippen LogP contribution in [0.5, 0.6) is 0 Å². The normalized spacial score (nSPS) is 13.1. The van der Waals surface area contributed by atoms with Gasteiger partial charge in [-0.2, -0.15) is 18.4 Å². The number of nitriles is 1. The van der Waals surface area contributed by atoms with Crippen LogP contribution in [-0.2, 0) is 22.7 Å². The maximum atomic E-state index is 13.2. The second kappa shape index (κ2) is 11.9. The summed E-state index contributed by atoms with van der Waals surface area (Å²) in [6.45, 7) is 1.47. The quantitative estimate of drug-likeness (QED) is 0.485. The predicted molar refractivity (Wildman–Crippen MR) is 129 cm³/mol. The van der Waals surface area contributed by atoms with E-state index in [-0.39, 0.29) is 32.1 Å². The van der Waals surface area contributed by atoms with Crippen LogP contribution in [0.1, 0.15) is 22.3 Å². The lowest BCUT2D eigenvalue weighted by Crippen LogP contribution is -2.48. The number of halogens is 3. The van der Waals surface area contributed by atoms with Gasteiger partial charge in [0.15, 0.2) is 0 Å². The molecule has 11 heteroatoms. The van der Waals surface area contributed by atoms with E-state index in [0.29, 0.717) is 24.3 Å². The second-order valence-corrected chi connectivity index (χ2v) is 8.62. The van der Waals surface area contributed by atoms with E-state index in [4.69, 9.17) is 0 Å². The van der Waals surface area contributed by atoms with Crippen LogP contribution < -0.4 is 15.5 Å². The maximum Gasteiger partial charge on any atom is 0.401 e. The highest BCUT2D eigenvalue weighted by atomic mass is 19.4. The number of nitrogens with zero attached hydrogens (tertiary/aromatic N) is 4. The second-order valence-electron chi connectivity index (χ2n) is 8.62. The number of hydrazine groups is 1. The molecule has 36 heavy (non-hydrogen) atoms. The highest BCUT2D eigenvalue weighted by Gasteiger charge is 2.27. The first-order chi connectivity index (χ1) is 17.1. The lowest BCUT2D eigenvalue weighted by molar-refractivity contribution is -0.145. The lowest BCUT2D eigenvalue weighted by Gasteiger charge is -2.32. The fraction of sp³-hybridized carbons (Fsp3) is 0.400. The molecule has 0 radical (unpaired) electrons. The van der Waals surface area contributed by atoms with Crippen LogP contribution in [0.2, 0.25) is 0 Å². The minimum absolute atomic E-state index is 0.000143. The first-order valence-electron chi connectivity index (χ1n) is 11.5. The Morgan fingerprint density at radius 3 is 2.36 bits per heavy atom. The fourth-order valence-electron chi connectivity index (χ4n) is 3.95. The van der Waals surface area contributed by atoms with Gasteiger partial charge in [0.25, 0.3) is 5.91 Å². The zero-order chi connectivity index (χ0) is 26.3.